The van der Waals surface area contributed by atoms with Gasteiger partial charge in [0.25, 0.3) is 0 Å². The number of aromatic nitrogens is 2. The number of thioether (sulfide) groups is 1. The van der Waals surface area contributed by atoms with Crippen molar-refractivity contribution < 1.29 is 18.7 Å². The number of nitrogens with zero attached hydrogens (tertiary/aromatic N) is 3. The van der Waals surface area contributed by atoms with Crippen molar-refractivity contribution in [2.45, 2.75) is 18.4 Å². The Labute approximate surface area is 174 Å². The molecule has 0 saturated carbocycles. The molecule has 0 unspecified atom stereocenters. The normalized spacial score (nSPS) is 10.6. The summed E-state index contributed by atoms with van der Waals surface area (Å²) in [4.78, 5) is 15.0. The molecule has 7 nitrogen and oxygen atoms in total. The summed E-state index contributed by atoms with van der Waals surface area (Å²) in [5, 5.41) is 8.13. The van der Waals surface area contributed by atoms with Crippen LogP contribution in [0.5, 0.6) is 11.5 Å². The zero-order valence-electron chi connectivity index (χ0n) is 16.8. The van der Waals surface area contributed by atoms with E-state index in [0.29, 0.717) is 34.6 Å². The molecular formula is C21H23N3O4S. The van der Waals surface area contributed by atoms with Gasteiger partial charge in [0.2, 0.25) is 17.7 Å². The maximum atomic E-state index is 12.4. The van der Waals surface area contributed by atoms with E-state index in [1.165, 1.54) is 17.3 Å². The third-order valence-corrected chi connectivity index (χ3v) is 5.28. The van der Waals surface area contributed by atoms with Crippen molar-refractivity contribution in [3.8, 4) is 23.0 Å². The molecule has 0 saturated heterocycles. The first-order valence-corrected chi connectivity index (χ1v) is 9.97. The van der Waals surface area contributed by atoms with E-state index in [0.717, 1.165) is 4.90 Å². The van der Waals surface area contributed by atoms with Gasteiger partial charge in [-0.2, -0.15) is 0 Å². The van der Waals surface area contributed by atoms with Crippen LogP contribution in [-0.4, -0.2) is 48.0 Å². The molecule has 0 atom stereocenters. The fourth-order valence-electron chi connectivity index (χ4n) is 2.58. The molecule has 8 heteroatoms. The first-order chi connectivity index (χ1) is 14.0. The van der Waals surface area contributed by atoms with Gasteiger partial charge in [-0.15, -0.1) is 22.0 Å². The Kier molecular flexibility index (Phi) is 6.77. The van der Waals surface area contributed by atoms with Crippen molar-refractivity contribution >= 4 is 17.7 Å². The molecule has 0 N–H and O–H groups in total. The quantitative estimate of drug-likeness (QED) is 0.520. The van der Waals surface area contributed by atoms with Crippen LogP contribution in [0, 0.1) is 6.92 Å². The van der Waals surface area contributed by atoms with E-state index < -0.39 is 0 Å². The molecule has 0 aliphatic heterocycles. The molecule has 152 valence electrons. The summed E-state index contributed by atoms with van der Waals surface area (Å²) in [6.07, 6.45) is 0. The number of aryl methyl sites for hydroxylation is 1. The van der Waals surface area contributed by atoms with Crippen LogP contribution in [0.15, 0.2) is 51.8 Å². The van der Waals surface area contributed by atoms with Crippen LogP contribution >= 0.6 is 11.8 Å². The lowest BCUT2D eigenvalue weighted by Gasteiger charge is -2.14. The number of methoxy groups -OCH3 is 2. The van der Waals surface area contributed by atoms with Crippen LogP contribution < -0.4 is 9.47 Å². The Morgan fingerprint density at radius 3 is 2.48 bits per heavy atom. The fourth-order valence-corrected chi connectivity index (χ4v) is 3.42. The van der Waals surface area contributed by atoms with E-state index in [2.05, 4.69) is 10.2 Å². The van der Waals surface area contributed by atoms with Crippen molar-refractivity contribution in [1.82, 2.24) is 15.1 Å². The first kappa shape index (κ1) is 20.7. The smallest absolute Gasteiger partial charge is 0.247 e. The van der Waals surface area contributed by atoms with Gasteiger partial charge in [0.15, 0.2) is 11.5 Å². The highest BCUT2D eigenvalue weighted by atomic mass is 32.2. The number of rotatable bonds is 8. The van der Waals surface area contributed by atoms with Crippen LogP contribution in [0.3, 0.4) is 0 Å². The molecule has 0 aliphatic rings. The average Bonchev–Trinajstić information content (AvgIpc) is 3.21. The van der Waals surface area contributed by atoms with Gasteiger partial charge in [0, 0.05) is 17.5 Å². The lowest BCUT2D eigenvalue weighted by Crippen LogP contribution is -2.27. The van der Waals surface area contributed by atoms with E-state index in [-0.39, 0.29) is 12.5 Å². The Bertz CT molecular complexity index is 972. The van der Waals surface area contributed by atoms with Crippen LogP contribution in [0.4, 0.5) is 0 Å². The Morgan fingerprint density at radius 1 is 1.07 bits per heavy atom. The summed E-state index contributed by atoms with van der Waals surface area (Å²) in [7, 11) is 4.86. The van der Waals surface area contributed by atoms with E-state index in [9.17, 15) is 4.79 Å². The Morgan fingerprint density at radius 2 is 1.79 bits per heavy atom. The summed E-state index contributed by atoms with van der Waals surface area (Å²) in [5.41, 5.74) is 1.91. The number of benzene rings is 2. The second kappa shape index (κ2) is 9.47. The minimum absolute atomic E-state index is 0.0126. The number of ether oxygens (including phenoxy) is 2. The number of hydrogen-bond donors (Lipinski definition) is 0. The molecule has 3 aromatic rings. The van der Waals surface area contributed by atoms with E-state index in [4.69, 9.17) is 13.9 Å². The van der Waals surface area contributed by atoms with Gasteiger partial charge in [0.1, 0.15) is 0 Å². The van der Waals surface area contributed by atoms with Gasteiger partial charge in [-0.3, -0.25) is 4.79 Å². The van der Waals surface area contributed by atoms with Crippen LogP contribution in [0.2, 0.25) is 0 Å². The van der Waals surface area contributed by atoms with Gasteiger partial charge < -0.3 is 18.8 Å². The summed E-state index contributed by atoms with van der Waals surface area (Å²) in [6, 6.07) is 13.4. The van der Waals surface area contributed by atoms with Gasteiger partial charge >= 0.3 is 0 Å². The van der Waals surface area contributed by atoms with Crippen molar-refractivity contribution in [2.75, 3.05) is 27.0 Å². The Hall–Kier alpha value is -3.00. The summed E-state index contributed by atoms with van der Waals surface area (Å²) in [6.45, 7) is 2.28. The summed E-state index contributed by atoms with van der Waals surface area (Å²) >= 11 is 1.50. The predicted molar refractivity (Wildman–Crippen MR) is 111 cm³/mol. The van der Waals surface area contributed by atoms with Crippen molar-refractivity contribution in [3.63, 3.8) is 0 Å². The van der Waals surface area contributed by atoms with Crippen molar-refractivity contribution in [1.29, 1.82) is 0 Å². The SMILES string of the molecule is COc1ccc(-c2nnc(CN(C)C(=O)CSc3ccc(C)cc3)o2)cc1OC. The summed E-state index contributed by atoms with van der Waals surface area (Å²) < 4.78 is 16.3. The second-order valence-electron chi connectivity index (χ2n) is 6.42. The summed E-state index contributed by atoms with van der Waals surface area (Å²) in [5.74, 6) is 2.25. The topological polar surface area (TPSA) is 77.7 Å². The third-order valence-electron chi connectivity index (χ3n) is 4.28. The molecule has 1 heterocycles. The fraction of sp³-hybridized carbons (Fsp3) is 0.286. The molecule has 3 rings (SSSR count). The minimum Gasteiger partial charge on any atom is -0.493 e. The van der Waals surface area contributed by atoms with Crippen molar-refractivity contribution in [3.05, 3.63) is 53.9 Å². The first-order valence-electron chi connectivity index (χ1n) is 8.98. The molecular weight excluding hydrogens is 390 g/mol. The molecule has 0 spiro atoms. The highest BCUT2D eigenvalue weighted by Gasteiger charge is 2.16. The van der Waals surface area contributed by atoms with Gasteiger partial charge in [-0.1, -0.05) is 17.7 Å². The lowest BCUT2D eigenvalue weighted by atomic mass is 10.2. The van der Waals surface area contributed by atoms with E-state index >= 15 is 0 Å². The van der Waals surface area contributed by atoms with Gasteiger partial charge in [-0.05, 0) is 37.3 Å². The monoisotopic (exact) mass is 413 g/mol. The largest absolute Gasteiger partial charge is 0.493 e. The number of carbonyl (C=O) groups excluding carboxylic acids is 1. The highest BCUT2D eigenvalue weighted by Crippen LogP contribution is 2.31. The average molecular weight is 413 g/mol. The zero-order chi connectivity index (χ0) is 20.8. The molecule has 0 fully saturated rings. The van der Waals surface area contributed by atoms with Crippen molar-refractivity contribution in [2.24, 2.45) is 0 Å². The van der Waals surface area contributed by atoms with Crippen LogP contribution in [0.25, 0.3) is 11.5 Å². The molecule has 0 aliphatic carbocycles. The highest BCUT2D eigenvalue weighted by molar-refractivity contribution is 8.00. The standard InChI is InChI=1S/C21H23N3O4S/c1-14-5-8-16(9-6-14)29-13-20(25)24(2)12-19-22-23-21(28-19)15-7-10-17(26-3)18(11-15)27-4/h5-11H,12-13H2,1-4H3. The number of amides is 1. The minimum atomic E-state index is -0.0126. The molecule has 0 bridgehead atoms. The molecule has 29 heavy (non-hydrogen) atoms. The number of hydrogen-bond acceptors (Lipinski definition) is 7. The zero-order valence-corrected chi connectivity index (χ0v) is 17.7. The molecule has 2 aromatic carbocycles. The van der Waals surface area contributed by atoms with E-state index in [1.54, 1.807) is 38.3 Å². The predicted octanol–water partition coefficient (Wildman–Crippen LogP) is 3.81. The van der Waals surface area contributed by atoms with Gasteiger partial charge in [-0.25, -0.2) is 0 Å². The maximum Gasteiger partial charge on any atom is 0.247 e. The second-order valence-corrected chi connectivity index (χ2v) is 7.47. The molecule has 1 aromatic heterocycles. The Balaban J connectivity index is 1.60. The van der Waals surface area contributed by atoms with Crippen LogP contribution in [-0.2, 0) is 11.3 Å². The molecule has 0 radical (unpaired) electrons. The van der Waals surface area contributed by atoms with Gasteiger partial charge in [0.05, 0.1) is 26.5 Å². The number of carbonyl (C=O) groups is 1. The maximum absolute atomic E-state index is 12.4. The lowest BCUT2D eigenvalue weighted by molar-refractivity contribution is -0.127. The third kappa shape index (κ3) is 5.29. The molecule has 1 amide bonds. The van der Waals surface area contributed by atoms with Crippen LogP contribution in [0.1, 0.15) is 11.5 Å². The van der Waals surface area contributed by atoms with E-state index in [1.807, 2.05) is 37.3 Å².